The second-order valence-corrected chi connectivity index (χ2v) is 6.87. The number of nitrogens with zero attached hydrogens (tertiary/aromatic N) is 4. The largest absolute Gasteiger partial charge is 0.292 e. The first-order valence-corrected chi connectivity index (χ1v) is 8.80. The number of benzene rings is 1. The maximum atomic E-state index is 12.4. The molecule has 0 aliphatic heterocycles. The van der Waals surface area contributed by atoms with E-state index in [1.54, 1.807) is 28.9 Å². The van der Waals surface area contributed by atoms with E-state index in [0.717, 1.165) is 0 Å². The second kappa shape index (κ2) is 7.71. The molecule has 3 aromatic rings. The number of nitrogens with one attached hydrogen (secondary N) is 2. The quantitative estimate of drug-likeness (QED) is 0.519. The molecule has 0 bridgehead atoms. The molecular weight excluding hydrogens is 368 g/mol. The molecule has 9 heteroatoms. The molecule has 27 heavy (non-hydrogen) atoms. The smallest absolute Gasteiger partial charge is 0.267 e. The summed E-state index contributed by atoms with van der Waals surface area (Å²) in [5, 5.41) is 15.8. The molecule has 0 fully saturated rings. The van der Waals surface area contributed by atoms with E-state index in [9.17, 15) is 9.59 Å². The average Bonchev–Trinajstić information content (AvgIpc) is 2.89. The van der Waals surface area contributed by atoms with Crippen molar-refractivity contribution in [3.63, 3.8) is 0 Å². The van der Waals surface area contributed by atoms with Crippen LogP contribution in [0.25, 0.3) is 10.8 Å². The van der Waals surface area contributed by atoms with Crippen LogP contribution in [0.3, 0.4) is 0 Å². The first kappa shape index (κ1) is 18.8. The van der Waals surface area contributed by atoms with Gasteiger partial charge in [0.15, 0.2) is 5.69 Å². The fourth-order valence-corrected chi connectivity index (χ4v) is 2.97. The van der Waals surface area contributed by atoms with Crippen LogP contribution in [0.4, 0.5) is 0 Å². The molecule has 2 aromatic heterocycles. The highest BCUT2D eigenvalue weighted by Gasteiger charge is 2.15. The van der Waals surface area contributed by atoms with Gasteiger partial charge < -0.3 is 0 Å². The number of amides is 1. The predicted molar refractivity (Wildman–Crippen MR) is 104 cm³/mol. The molecule has 0 atom stereocenters. The zero-order chi connectivity index (χ0) is 19.6. The molecule has 2 N–H and O–H groups in total. The Labute approximate surface area is 160 Å². The van der Waals surface area contributed by atoms with Gasteiger partial charge in [0.2, 0.25) is 0 Å². The van der Waals surface area contributed by atoms with Gasteiger partial charge in [0.25, 0.3) is 11.5 Å². The minimum atomic E-state index is -0.540. The van der Waals surface area contributed by atoms with Crippen molar-refractivity contribution in [1.29, 1.82) is 0 Å². The Hall–Kier alpha value is -3.00. The number of hydrazone groups is 1. The number of hydrogen-bond acceptors (Lipinski definition) is 5. The molecule has 0 unspecified atom stereocenters. The lowest BCUT2D eigenvalue weighted by atomic mass is 10.1. The summed E-state index contributed by atoms with van der Waals surface area (Å²) in [6.07, 6.45) is 1.45. The number of hydrogen-bond donors (Lipinski definition) is 2. The molecule has 8 nitrogen and oxygen atoms in total. The third-order valence-electron chi connectivity index (χ3n) is 3.92. The molecule has 0 spiro atoms. The SMILES string of the molecule is Cc1nn(CC(C)C)c(Cl)c1/C=N\NC(=O)c1n[nH]c(=O)c2ccccc12. The first-order valence-electron chi connectivity index (χ1n) is 8.42. The summed E-state index contributed by atoms with van der Waals surface area (Å²) in [6, 6.07) is 6.74. The summed E-state index contributed by atoms with van der Waals surface area (Å²) in [5.74, 6) is -0.145. The average molecular weight is 387 g/mol. The standard InChI is InChI=1S/C18H19ClN6O2/c1-10(2)9-25-16(19)14(11(3)24-25)8-20-22-18(27)15-12-6-4-5-7-13(12)17(26)23-21-15/h4-8,10H,9H2,1-3H3,(H,22,27)(H,23,26)/b20-8-. The van der Waals surface area contributed by atoms with Crippen molar-refractivity contribution in [2.75, 3.05) is 0 Å². The van der Waals surface area contributed by atoms with E-state index < -0.39 is 5.91 Å². The van der Waals surface area contributed by atoms with Crippen molar-refractivity contribution in [2.24, 2.45) is 11.0 Å². The van der Waals surface area contributed by atoms with E-state index in [1.807, 2.05) is 6.92 Å². The van der Waals surface area contributed by atoms with Gasteiger partial charge in [-0.2, -0.15) is 15.3 Å². The van der Waals surface area contributed by atoms with Gasteiger partial charge in [0.1, 0.15) is 5.15 Å². The highest BCUT2D eigenvalue weighted by atomic mass is 35.5. The van der Waals surface area contributed by atoms with Crippen molar-refractivity contribution in [1.82, 2.24) is 25.4 Å². The lowest BCUT2D eigenvalue weighted by molar-refractivity contribution is 0.0951. The van der Waals surface area contributed by atoms with Crippen LogP contribution in [-0.4, -0.2) is 32.1 Å². The van der Waals surface area contributed by atoms with E-state index >= 15 is 0 Å². The third-order valence-corrected chi connectivity index (χ3v) is 4.32. The highest BCUT2D eigenvalue weighted by Crippen LogP contribution is 2.19. The molecule has 0 saturated heterocycles. The van der Waals surface area contributed by atoms with Crippen molar-refractivity contribution in [2.45, 2.75) is 27.3 Å². The van der Waals surface area contributed by atoms with Crippen molar-refractivity contribution >= 4 is 34.5 Å². The molecular formula is C18H19ClN6O2. The monoisotopic (exact) mass is 386 g/mol. The molecule has 0 radical (unpaired) electrons. The number of rotatable bonds is 5. The van der Waals surface area contributed by atoms with Crippen molar-refractivity contribution < 1.29 is 4.79 Å². The van der Waals surface area contributed by atoms with Crippen LogP contribution < -0.4 is 11.0 Å². The third kappa shape index (κ3) is 3.90. The first-order chi connectivity index (χ1) is 12.9. The normalized spacial score (nSPS) is 11.6. The number of aryl methyl sites for hydroxylation is 1. The summed E-state index contributed by atoms with van der Waals surface area (Å²) in [6.45, 7) is 6.65. The highest BCUT2D eigenvalue weighted by molar-refractivity contribution is 6.32. The van der Waals surface area contributed by atoms with E-state index in [4.69, 9.17) is 11.6 Å². The summed E-state index contributed by atoms with van der Waals surface area (Å²) in [7, 11) is 0. The van der Waals surface area contributed by atoms with Crippen LogP contribution in [-0.2, 0) is 6.54 Å². The number of carbonyl (C=O) groups excluding carboxylic acids is 1. The van der Waals surface area contributed by atoms with E-state index in [0.29, 0.717) is 39.6 Å². The summed E-state index contributed by atoms with van der Waals surface area (Å²) < 4.78 is 1.71. The zero-order valence-electron chi connectivity index (χ0n) is 15.2. The zero-order valence-corrected chi connectivity index (χ0v) is 15.9. The van der Waals surface area contributed by atoms with Crippen LogP contribution in [0, 0.1) is 12.8 Å². The van der Waals surface area contributed by atoms with Crippen LogP contribution in [0.15, 0.2) is 34.2 Å². The van der Waals surface area contributed by atoms with Gasteiger partial charge in [0, 0.05) is 11.9 Å². The Morgan fingerprint density at radius 1 is 1.37 bits per heavy atom. The fraction of sp³-hybridized carbons (Fsp3) is 0.278. The molecule has 1 amide bonds. The van der Waals surface area contributed by atoms with Gasteiger partial charge in [-0.1, -0.05) is 43.6 Å². The van der Waals surface area contributed by atoms with E-state index in [1.165, 1.54) is 6.21 Å². The number of fused-ring (bicyclic) bond motifs is 1. The minimum absolute atomic E-state index is 0.0840. The van der Waals surface area contributed by atoms with Crippen LogP contribution in [0.2, 0.25) is 5.15 Å². The number of halogens is 1. The topological polar surface area (TPSA) is 105 Å². The maximum Gasteiger partial charge on any atom is 0.292 e. The molecule has 0 saturated carbocycles. The van der Waals surface area contributed by atoms with Gasteiger partial charge in [-0.15, -0.1) is 0 Å². The Balaban J connectivity index is 1.82. The Morgan fingerprint density at radius 3 is 2.78 bits per heavy atom. The van der Waals surface area contributed by atoms with Crippen LogP contribution in [0.1, 0.15) is 35.6 Å². The fourth-order valence-electron chi connectivity index (χ4n) is 2.68. The number of aromatic nitrogens is 4. The number of H-pyrrole nitrogens is 1. The van der Waals surface area contributed by atoms with Gasteiger partial charge in [-0.25, -0.2) is 10.5 Å². The number of aromatic amines is 1. The van der Waals surface area contributed by atoms with Gasteiger partial charge >= 0.3 is 0 Å². The molecule has 3 rings (SSSR count). The summed E-state index contributed by atoms with van der Waals surface area (Å²) in [5.41, 5.74) is 3.49. The van der Waals surface area contributed by atoms with E-state index in [-0.39, 0.29) is 11.3 Å². The molecule has 2 heterocycles. The van der Waals surface area contributed by atoms with Crippen molar-refractivity contribution in [3.05, 3.63) is 56.7 Å². The van der Waals surface area contributed by atoms with Gasteiger partial charge in [-0.05, 0) is 18.9 Å². The lowest BCUT2D eigenvalue weighted by Gasteiger charge is -2.05. The van der Waals surface area contributed by atoms with Crippen molar-refractivity contribution in [3.8, 4) is 0 Å². The Kier molecular flexibility index (Phi) is 5.36. The van der Waals surface area contributed by atoms with Crippen LogP contribution in [0.5, 0.6) is 0 Å². The Morgan fingerprint density at radius 2 is 2.07 bits per heavy atom. The van der Waals surface area contributed by atoms with Gasteiger partial charge in [-0.3, -0.25) is 14.3 Å². The lowest BCUT2D eigenvalue weighted by Crippen LogP contribution is -2.22. The summed E-state index contributed by atoms with van der Waals surface area (Å²) in [4.78, 5) is 24.2. The maximum absolute atomic E-state index is 12.4. The Bertz CT molecular complexity index is 1080. The molecule has 0 aliphatic rings. The second-order valence-electron chi connectivity index (χ2n) is 6.51. The predicted octanol–water partition coefficient (Wildman–Crippen LogP) is 2.50. The molecule has 140 valence electrons. The molecule has 0 aliphatic carbocycles. The summed E-state index contributed by atoms with van der Waals surface area (Å²) >= 11 is 6.35. The number of carbonyl (C=O) groups is 1. The van der Waals surface area contributed by atoms with Crippen LogP contribution >= 0.6 is 11.6 Å². The minimum Gasteiger partial charge on any atom is -0.267 e. The molecule has 1 aromatic carbocycles. The van der Waals surface area contributed by atoms with Gasteiger partial charge in [0.05, 0.1) is 22.9 Å². The van der Waals surface area contributed by atoms with E-state index in [2.05, 4.69) is 39.7 Å².